The van der Waals surface area contributed by atoms with Crippen molar-refractivity contribution in [2.75, 3.05) is 6.54 Å². The number of likely N-dealkylation sites (tertiary alicyclic amines) is 1. The van der Waals surface area contributed by atoms with E-state index >= 15 is 0 Å². The molecule has 1 heterocycles. The van der Waals surface area contributed by atoms with E-state index in [0.29, 0.717) is 18.5 Å². The summed E-state index contributed by atoms with van der Waals surface area (Å²) < 4.78 is 0. The van der Waals surface area contributed by atoms with Crippen molar-refractivity contribution < 1.29 is 14.7 Å². The Bertz CT molecular complexity index is 545. The number of hydrogen-bond donors (Lipinski definition) is 1. The molecule has 1 amide bonds. The van der Waals surface area contributed by atoms with Crippen LogP contribution in [0.1, 0.15) is 56.0 Å². The second-order valence-electron chi connectivity index (χ2n) is 6.65. The maximum absolute atomic E-state index is 12.9. The van der Waals surface area contributed by atoms with Crippen LogP contribution in [0.25, 0.3) is 0 Å². The highest BCUT2D eigenvalue weighted by Crippen LogP contribution is 2.29. The molecule has 1 aromatic carbocycles. The highest BCUT2D eigenvalue weighted by atomic mass is 16.4. The van der Waals surface area contributed by atoms with Crippen LogP contribution in [0.4, 0.5) is 4.79 Å². The number of Topliss-reactive ketones (excluding diaryl/α,β-unsaturated/α-hetero) is 1. The van der Waals surface area contributed by atoms with Gasteiger partial charge in [-0.2, -0.15) is 0 Å². The predicted molar refractivity (Wildman–Crippen MR) is 81.8 cm³/mol. The van der Waals surface area contributed by atoms with E-state index in [1.807, 2.05) is 24.3 Å². The topological polar surface area (TPSA) is 57.6 Å². The first-order valence-corrected chi connectivity index (χ1v) is 7.45. The third-order valence-corrected chi connectivity index (χ3v) is 4.05. The summed E-state index contributed by atoms with van der Waals surface area (Å²) in [7, 11) is 0. The fraction of sp³-hybridized carbons (Fsp3) is 0.529. The van der Waals surface area contributed by atoms with Crippen LogP contribution in [0, 0.1) is 0 Å². The fourth-order valence-electron chi connectivity index (χ4n) is 2.96. The lowest BCUT2D eigenvalue weighted by atomic mass is 9.81. The highest BCUT2D eigenvalue weighted by Gasteiger charge is 2.34. The lowest BCUT2D eigenvalue weighted by Crippen LogP contribution is -2.47. The van der Waals surface area contributed by atoms with Gasteiger partial charge in [-0.1, -0.05) is 45.0 Å². The van der Waals surface area contributed by atoms with Gasteiger partial charge >= 0.3 is 6.09 Å². The quantitative estimate of drug-likeness (QED) is 0.845. The van der Waals surface area contributed by atoms with Crippen molar-refractivity contribution in [2.24, 2.45) is 0 Å². The van der Waals surface area contributed by atoms with Gasteiger partial charge in [0.25, 0.3) is 0 Å². The Balaban J connectivity index is 2.37. The van der Waals surface area contributed by atoms with Crippen molar-refractivity contribution in [1.82, 2.24) is 4.90 Å². The van der Waals surface area contributed by atoms with Gasteiger partial charge in [0.2, 0.25) is 0 Å². The lowest BCUT2D eigenvalue weighted by Gasteiger charge is -2.33. The Hall–Kier alpha value is -1.84. The summed E-state index contributed by atoms with van der Waals surface area (Å²) in [6, 6.07) is 7.00. The number of nitrogens with zero attached hydrogens (tertiary/aromatic N) is 1. The first-order valence-electron chi connectivity index (χ1n) is 7.45. The van der Waals surface area contributed by atoms with Crippen LogP contribution < -0.4 is 0 Å². The molecule has 4 heteroatoms. The molecule has 0 spiro atoms. The van der Waals surface area contributed by atoms with Crippen molar-refractivity contribution in [3.63, 3.8) is 0 Å². The average Bonchev–Trinajstić information content (AvgIpc) is 2.45. The van der Waals surface area contributed by atoms with Gasteiger partial charge in [0, 0.05) is 12.1 Å². The van der Waals surface area contributed by atoms with Gasteiger partial charge in [-0.15, -0.1) is 0 Å². The first kappa shape index (κ1) is 15.5. The summed E-state index contributed by atoms with van der Waals surface area (Å²) in [6.45, 7) is 6.64. The maximum Gasteiger partial charge on any atom is 0.407 e. The number of carbonyl (C=O) groups is 2. The minimum atomic E-state index is -0.999. The van der Waals surface area contributed by atoms with E-state index in [-0.39, 0.29) is 11.2 Å². The smallest absolute Gasteiger partial charge is 0.407 e. The summed E-state index contributed by atoms with van der Waals surface area (Å²) in [6.07, 6.45) is 1.35. The van der Waals surface area contributed by atoms with Crippen molar-refractivity contribution in [3.8, 4) is 0 Å². The number of rotatable bonds is 2. The second kappa shape index (κ2) is 5.88. The fourth-order valence-corrected chi connectivity index (χ4v) is 2.96. The zero-order valence-corrected chi connectivity index (χ0v) is 12.9. The lowest BCUT2D eigenvalue weighted by molar-refractivity contribution is 0.0712. The van der Waals surface area contributed by atoms with Gasteiger partial charge in [0.05, 0.1) is 6.04 Å². The standard InChI is InChI=1S/C17H23NO3/c1-17(2,3)13-9-5-4-8-12(13)15(19)14-10-6-7-11-18(14)16(20)21/h4-5,8-9,14H,6-7,10-11H2,1-3H3,(H,20,21)/t14-/m0/s1. The molecule has 1 N–H and O–H groups in total. The number of carboxylic acid groups (broad SMARTS) is 1. The number of carbonyl (C=O) groups excluding carboxylic acids is 1. The van der Waals surface area contributed by atoms with E-state index in [1.54, 1.807) is 0 Å². The van der Waals surface area contributed by atoms with Gasteiger partial charge in [0.15, 0.2) is 5.78 Å². The zero-order chi connectivity index (χ0) is 15.6. The van der Waals surface area contributed by atoms with Crippen LogP contribution in [-0.2, 0) is 5.41 Å². The van der Waals surface area contributed by atoms with Crippen LogP contribution >= 0.6 is 0 Å². The molecule has 0 unspecified atom stereocenters. The Kier molecular flexibility index (Phi) is 4.35. The Morgan fingerprint density at radius 3 is 2.48 bits per heavy atom. The van der Waals surface area contributed by atoms with Crippen molar-refractivity contribution in [3.05, 3.63) is 35.4 Å². The van der Waals surface area contributed by atoms with Crippen molar-refractivity contribution in [2.45, 2.75) is 51.5 Å². The molecule has 1 atom stereocenters. The molecule has 1 saturated heterocycles. The summed E-state index contributed by atoms with van der Waals surface area (Å²) >= 11 is 0. The molecular weight excluding hydrogens is 266 g/mol. The number of ketones is 1. The Morgan fingerprint density at radius 1 is 1.19 bits per heavy atom. The minimum Gasteiger partial charge on any atom is -0.465 e. The summed E-state index contributed by atoms with van der Waals surface area (Å²) in [5.41, 5.74) is 1.49. The number of benzene rings is 1. The van der Waals surface area contributed by atoms with Crippen LogP contribution in [0.2, 0.25) is 0 Å². The number of piperidine rings is 1. The van der Waals surface area contributed by atoms with Crippen molar-refractivity contribution in [1.29, 1.82) is 0 Å². The van der Waals surface area contributed by atoms with E-state index in [4.69, 9.17) is 0 Å². The van der Waals surface area contributed by atoms with Gasteiger partial charge in [-0.05, 0) is 30.2 Å². The van der Waals surface area contributed by atoms with Crippen LogP contribution in [-0.4, -0.2) is 34.5 Å². The van der Waals surface area contributed by atoms with E-state index in [0.717, 1.165) is 18.4 Å². The molecular formula is C17H23NO3. The number of amides is 1. The highest BCUT2D eigenvalue weighted by molar-refractivity contribution is 6.02. The van der Waals surface area contributed by atoms with Gasteiger partial charge < -0.3 is 5.11 Å². The summed E-state index contributed by atoms with van der Waals surface area (Å²) in [5.74, 6) is -0.0670. The molecule has 114 valence electrons. The van der Waals surface area contributed by atoms with E-state index < -0.39 is 12.1 Å². The molecule has 0 saturated carbocycles. The maximum atomic E-state index is 12.9. The van der Waals surface area contributed by atoms with Crippen LogP contribution in [0.3, 0.4) is 0 Å². The Labute approximate surface area is 125 Å². The molecule has 0 aliphatic carbocycles. The monoisotopic (exact) mass is 289 g/mol. The molecule has 1 fully saturated rings. The largest absolute Gasteiger partial charge is 0.465 e. The van der Waals surface area contributed by atoms with Crippen molar-refractivity contribution >= 4 is 11.9 Å². The summed E-state index contributed by atoms with van der Waals surface area (Å²) in [5, 5.41) is 9.31. The average molecular weight is 289 g/mol. The Morgan fingerprint density at radius 2 is 1.86 bits per heavy atom. The molecule has 1 aliphatic rings. The predicted octanol–water partition coefficient (Wildman–Crippen LogP) is 3.70. The molecule has 21 heavy (non-hydrogen) atoms. The second-order valence-corrected chi connectivity index (χ2v) is 6.65. The van der Waals surface area contributed by atoms with Gasteiger partial charge in [-0.3, -0.25) is 9.69 Å². The van der Waals surface area contributed by atoms with E-state index in [1.165, 1.54) is 4.90 Å². The number of hydrogen-bond acceptors (Lipinski definition) is 2. The first-order chi connectivity index (χ1) is 9.82. The van der Waals surface area contributed by atoms with E-state index in [9.17, 15) is 14.7 Å². The third-order valence-electron chi connectivity index (χ3n) is 4.05. The normalized spacial score (nSPS) is 19.4. The molecule has 2 rings (SSSR count). The molecule has 0 radical (unpaired) electrons. The van der Waals surface area contributed by atoms with Crippen LogP contribution in [0.15, 0.2) is 24.3 Å². The summed E-state index contributed by atoms with van der Waals surface area (Å²) in [4.78, 5) is 25.5. The third kappa shape index (κ3) is 3.26. The molecule has 4 nitrogen and oxygen atoms in total. The molecule has 1 aromatic rings. The molecule has 0 aromatic heterocycles. The molecule has 0 bridgehead atoms. The molecule has 1 aliphatic heterocycles. The van der Waals surface area contributed by atoms with Crippen LogP contribution in [0.5, 0.6) is 0 Å². The minimum absolute atomic E-state index is 0.0670. The zero-order valence-electron chi connectivity index (χ0n) is 12.9. The van der Waals surface area contributed by atoms with Gasteiger partial charge in [0.1, 0.15) is 0 Å². The van der Waals surface area contributed by atoms with E-state index in [2.05, 4.69) is 20.8 Å². The van der Waals surface area contributed by atoms with Gasteiger partial charge in [-0.25, -0.2) is 4.79 Å². The SMILES string of the molecule is CC(C)(C)c1ccccc1C(=O)[C@@H]1CCCCN1C(=O)O.